The van der Waals surface area contributed by atoms with Crippen LogP contribution in [-0.2, 0) is 4.74 Å². The summed E-state index contributed by atoms with van der Waals surface area (Å²) in [6.45, 7) is -0.516. The van der Waals surface area contributed by atoms with Gasteiger partial charge >= 0.3 is 6.61 Å². The van der Waals surface area contributed by atoms with E-state index in [1.807, 2.05) is 13.0 Å². The van der Waals surface area contributed by atoms with E-state index in [1.165, 1.54) is 0 Å². The van der Waals surface area contributed by atoms with E-state index in [0.717, 1.165) is 5.57 Å². The summed E-state index contributed by atoms with van der Waals surface area (Å²) < 4.78 is 28.6. The molecule has 106 valence electrons. The average molecular weight is 271 g/mol. The fraction of sp³-hybridized carbons (Fsp3) is 0.462. The van der Waals surface area contributed by atoms with Gasteiger partial charge in [0.05, 0.1) is 6.54 Å². The van der Waals surface area contributed by atoms with Crippen molar-refractivity contribution in [3.05, 3.63) is 35.6 Å². The summed E-state index contributed by atoms with van der Waals surface area (Å²) in [7, 11) is 1.66. The summed E-state index contributed by atoms with van der Waals surface area (Å²) in [5, 5.41) is 3.16. The second-order valence-electron chi connectivity index (χ2n) is 4.03. The van der Waals surface area contributed by atoms with Crippen LogP contribution in [0.1, 0.15) is 13.3 Å². The van der Waals surface area contributed by atoms with Crippen molar-refractivity contribution in [2.75, 3.05) is 13.6 Å². The Kier molecular flexibility index (Phi) is 6.21. The molecular formula is C13H19F2N3O. The van der Waals surface area contributed by atoms with Gasteiger partial charge in [-0.05, 0) is 18.6 Å². The van der Waals surface area contributed by atoms with Crippen LogP contribution in [-0.4, -0.2) is 32.1 Å². The molecule has 0 saturated heterocycles. The number of allylic oxidation sites excluding steroid dienone is 3. The van der Waals surface area contributed by atoms with E-state index in [-0.39, 0.29) is 11.8 Å². The van der Waals surface area contributed by atoms with Crippen molar-refractivity contribution in [1.29, 1.82) is 0 Å². The predicted molar refractivity (Wildman–Crippen MR) is 72.0 cm³/mol. The number of hydrogen-bond acceptors (Lipinski definition) is 3. The molecule has 4 nitrogen and oxygen atoms in total. The molecule has 3 N–H and O–H groups in total. The highest BCUT2D eigenvalue weighted by Gasteiger charge is 2.11. The molecule has 1 atom stereocenters. The first kappa shape index (κ1) is 15.4. The van der Waals surface area contributed by atoms with Crippen LogP contribution in [0.5, 0.6) is 0 Å². The molecule has 0 bridgehead atoms. The van der Waals surface area contributed by atoms with Gasteiger partial charge in [0, 0.05) is 19.5 Å². The van der Waals surface area contributed by atoms with Gasteiger partial charge in [0.1, 0.15) is 11.6 Å². The normalized spacial score (nSPS) is 17.7. The highest BCUT2D eigenvalue weighted by atomic mass is 19.3. The lowest BCUT2D eigenvalue weighted by atomic mass is 10.1. The molecule has 0 spiro atoms. The molecule has 0 radical (unpaired) electrons. The number of amidine groups is 1. The fourth-order valence-electron chi connectivity index (χ4n) is 1.66. The second kappa shape index (κ2) is 7.68. The Balaban J connectivity index is 2.72. The van der Waals surface area contributed by atoms with Crippen molar-refractivity contribution in [3.8, 4) is 0 Å². The largest absolute Gasteiger partial charge is 0.439 e. The van der Waals surface area contributed by atoms with Crippen LogP contribution in [0.3, 0.4) is 0 Å². The molecule has 0 fully saturated rings. The van der Waals surface area contributed by atoms with Crippen molar-refractivity contribution < 1.29 is 13.5 Å². The molecule has 0 aromatic heterocycles. The molecule has 1 rings (SSSR count). The summed E-state index contributed by atoms with van der Waals surface area (Å²) >= 11 is 0. The standard InChI is InChI=1S/C13H19F2N3O/c1-9(18-12(8-16)17-2)10-4-3-5-11(7-6-10)19-13(14)15/h3-4,6-7,9,13H,5,8,16H2,1-2H3,(H,17,18). The van der Waals surface area contributed by atoms with Gasteiger partial charge in [-0.3, -0.25) is 4.99 Å². The van der Waals surface area contributed by atoms with Crippen molar-refractivity contribution in [2.45, 2.75) is 26.0 Å². The summed E-state index contributed by atoms with van der Waals surface area (Å²) in [6, 6.07) is -0.0133. The van der Waals surface area contributed by atoms with Crippen LogP contribution in [0, 0.1) is 0 Å². The van der Waals surface area contributed by atoms with Crippen molar-refractivity contribution in [1.82, 2.24) is 5.32 Å². The monoisotopic (exact) mass is 271 g/mol. The van der Waals surface area contributed by atoms with E-state index >= 15 is 0 Å². The van der Waals surface area contributed by atoms with E-state index in [1.54, 1.807) is 25.3 Å². The SMILES string of the molecule is C/N=C(/CN)NC(C)C1=CC=C(OC(F)F)CC=C1. The number of hydrogen-bond donors (Lipinski definition) is 2. The number of aliphatic imine (C=N–C) groups is 1. The third kappa shape index (κ3) is 5.21. The zero-order chi connectivity index (χ0) is 14.3. The third-order valence-corrected chi connectivity index (χ3v) is 2.68. The van der Waals surface area contributed by atoms with Gasteiger partial charge in [0.25, 0.3) is 0 Å². The quantitative estimate of drug-likeness (QED) is 0.593. The number of alkyl halides is 2. The Morgan fingerprint density at radius 2 is 2.26 bits per heavy atom. The Bertz CT molecular complexity index is 414. The molecule has 0 aromatic carbocycles. The molecule has 1 aliphatic carbocycles. The first-order chi connectivity index (χ1) is 9.06. The van der Waals surface area contributed by atoms with E-state index < -0.39 is 6.61 Å². The van der Waals surface area contributed by atoms with E-state index in [9.17, 15) is 8.78 Å². The van der Waals surface area contributed by atoms with Crippen LogP contribution >= 0.6 is 0 Å². The van der Waals surface area contributed by atoms with Crippen LogP contribution in [0.25, 0.3) is 0 Å². The summed E-state index contributed by atoms with van der Waals surface area (Å²) in [6.07, 6.45) is 7.33. The Hall–Kier alpha value is -1.69. The number of rotatable bonds is 5. The van der Waals surface area contributed by atoms with E-state index in [0.29, 0.717) is 18.8 Å². The van der Waals surface area contributed by atoms with Gasteiger partial charge in [-0.2, -0.15) is 8.78 Å². The molecule has 0 heterocycles. The molecular weight excluding hydrogens is 252 g/mol. The maximum absolute atomic E-state index is 12.1. The summed E-state index contributed by atoms with van der Waals surface area (Å²) in [4.78, 5) is 4.01. The zero-order valence-corrected chi connectivity index (χ0v) is 11.1. The van der Waals surface area contributed by atoms with Gasteiger partial charge < -0.3 is 15.8 Å². The average Bonchev–Trinajstić information content (AvgIpc) is 2.60. The van der Waals surface area contributed by atoms with Gasteiger partial charge in [-0.1, -0.05) is 18.2 Å². The predicted octanol–water partition coefficient (Wildman–Crippen LogP) is 1.96. The molecule has 1 unspecified atom stereocenters. The van der Waals surface area contributed by atoms with Crippen molar-refractivity contribution >= 4 is 5.84 Å². The van der Waals surface area contributed by atoms with E-state index in [4.69, 9.17) is 5.73 Å². The van der Waals surface area contributed by atoms with Crippen molar-refractivity contribution in [3.63, 3.8) is 0 Å². The van der Waals surface area contributed by atoms with Gasteiger partial charge in [0.15, 0.2) is 0 Å². The number of nitrogens with zero attached hydrogens (tertiary/aromatic N) is 1. The minimum Gasteiger partial charge on any atom is -0.439 e. The van der Waals surface area contributed by atoms with Gasteiger partial charge in [-0.15, -0.1) is 0 Å². The first-order valence-corrected chi connectivity index (χ1v) is 6.01. The third-order valence-electron chi connectivity index (χ3n) is 2.68. The molecule has 0 aliphatic heterocycles. The highest BCUT2D eigenvalue weighted by Crippen LogP contribution is 2.17. The maximum atomic E-state index is 12.1. The minimum absolute atomic E-state index is 0.0133. The fourth-order valence-corrected chi connectivity index (χ4v) is 1.66. The van der Waals surface area contributed by atoms with E-state index in [2.05, 4.69) is 15.0 Å². The lowest BCUT2D eigenvalue weighted by Crippen LogP contribution is -2.38. The Morgan fingerprint density at radius 1 is 1.53 bits per heavy atom. The summed E-state index contributed by atoms with van der Waals surface area (Å²) in [5.74, 6) is 0.940. The number of nitrogens with two attached hydrogens (primary N) is 1. The lowest BCUT2D eigenvalue weighted by molar-refractivity contribution is -0.0971. The zero-order valence-electron chi connectivity index (χ0n) is 11.1. The molecule has 1 aliphatic rings. The smallest absolute Gasteiger partial charge is 0.387 e. The topological polar surface area (TPSA) is 59.6 Å². The molecule has 6 heteroatoms. The first-order valence-electron chi connectivity index (χ1n) is 6.01. The lowest BCUT2D eigenvalue weighted by Gasteiger charge is -2.16. The molecule has 0 amide bonds. The van der Waals surface area contributed by atoms with Crippen LogP contribution in [0.2, 0.25) is 0 Å². The summed E-state index contributed by atoms with van der Waals surface area (Å²) in [5.41, 5.74) is 6.47. The maximum Gasteiger partial charge on any atom is 0.387 e. The van der Waals surface area contributed by atoms with Gasteiger partial charge in [-0.25, -0.2) is 0 Å². The van der Waals surface area contributed by atoms with Crippen LogP contribution < -0.4 is 11.1 Å². The van der Waals surface area contributed by atoms with Gasteiger partial charge in [0.2, 0.25) is 0 Å². The van der Waals surface area contributed by atoms with Crippen LogP contribution in [0.4, 0.5) is 8.78 Å². The van der Waals surface area contributed by atoms with Crippen molar-refractivity contribution in [2.24, 2.45) is 10.7 Å². The minimum atomic E-state index is -2.79. The second-order valence-corrected chi connectivity index (χ2v) is 4.03. The number of ether oxygens (including phenoxy) is 1. The Morgan fingerprint density at radius 3 is 2.84 bits per heavy atom. The molecule has 19 heavy (non-hydrogen) atoms. The molecule has 0 aromatic rings. The number of nitrogens with one attached hydrogen (secondary N) is 1. The van der Waals surface area contributed by atoms with Crippen LogP contribution in [0.15, 0.2) is 40.6 Å². The highest BCUT2D eigenvalue weighted by molar-refractivity contribution is 5.84. The Labute approximate surface area is 111 Å². The molecule has 0 saturated carbocycles. The number of halogens is 2.